The van der Waals surface area contributed by atoms with E-state index in [2.05, 4.69) is 26.0 Å². The highest BCUT2D eigenvalue weighted by Gasteiger charge is 2.23. The lowest BCUT2D eigenvalue weighted by atomic mass is 10.1. The van der Waals surface area contributed by atoms with E-state index in [1.807, 2.05) is 18.7 Å². The molecule has 0 saturated carbocycles. The minimum Gasteiger partial charge on any atom is -0.334 e. The van der Waals surface area contributed by atoms with E-state index in [0.29, 0.717) is 6.54 Å². The molecule has 0 aliphatic carbocycles. The SMILES string of the molecule is CCCC(N)C(=O)N(Cc1ccc(C)s1)C(C)C. The Kier molecular flexibility index (Phi) is 5.82. The van der Waals surface area contributed by atoms with Crippen LogP contribution in [0.4, 0.5) is 0 Å². The Labute approximate surface area is 114 Å². The number of thiophene rings is 1. The summed E-state index contributed by atoms with van der Waals surface area (Å²) in [5, 5.41) is 0. The predicted octanol–water partition coefficient (Wildman–Crippen LogP) is 2.92. The van der Waals surface area contributed by atoms with Gasteiger partial charge in [-0.2, -0.15) is 0 Å². The fourth-order valence-corrected chi connectivity index (χ4v) is 2.79. The smallest absolute Gasteiger partial charge is 0.240 e. The van der Waals surface area contributed by atoms with Crippen LogP contribution in [-0.2, 0) is 11.3 Å². The molecule has 1 atom stereocenters. The van der Waals surface area contributed by atoms with E-state index < -0.39 is 0 Å². The van der Waals surface area contributed by atoms with Gasteiger partial charge in [0.2, 0.25) is 5.91 Å². The third-order valence-electron chi connectivity index (χ3n) is 2.95. The molecule has 0 saturated heterocycles. The molecule has 18 heavy (non-hydrogen) atoms. The van der Waals surface area contributed by atoms with Crippen molar-refractivity contribution in [3.05, 3.63) is 21.9 Å². The average molecular weight is 268 g/mol. The van der Waals surface area contributed by atoms with Crippen LogP contribution in [0, 0.1) is 6.92 Å². The monoisotopic (exact) mass is 268 g/mol. The minimum atomic E-state index is -0.363. The molecule has 1 rings (SSSR count). The molecule has 0 aliphatic heterocycles. The Hall–Kier alpha value is -0.870. The molecule has 2 N–H and O–H groups in total. The molecular formula is C14H24N2OS. The van der Waals surface area contributed by atoms with Crippen LogP contribution in [0.15, 0.2) is 12.1 Å². The van der Waals surface area contributed by atoms with Gasteiger partial charge in [0.15, 0.2) is 0 Å². The van der Waals surface area contributed by atoms with Crippen molar-refractivity contribution in [1.29, 1.82) is 0 Å². The van der Waals surface area contributed by atoms with Crippen LogP contribution in [-0.4, -0.2) is 22.9 Å². The van der Waals surface area contributed by atoms with E-state index in [-0.39, 0.29) is 18.0 Å². The Morgan fingerprint density at radius 1 is 1.44 bits per heavy atom. The topological polar surface area (TPSA) is 46.3 Å². The second-order valence-electron chi connectivity index (χ2n) is 4.97. The highest BCUT2D eigenvalue weighted by Crippen LogP contribution is 2.19. The van der Waals surface area contributed by atoms with Crippen LogP contribution in [0.3, 0.4) is 0 Å². The number of rotatable bonds is 6. The van der Waals surface area contributed by atoms with Crippen LogP contribution in [0.1, 0.15) is 43.4 Å². The molecule has 1 aromatic heterocycles. The molecule has 0 aromatic carbocycles. The van der Waals surface area contributed by atoms with Gasteiger partial charge in [0.1, 0.15) is 0 Å². The number of carbonyl (C=O) groups excluding carboxylic acids is 1. The van der Waals surface area contributed by atoms with Gasteiger partial charge in [0.25, 0.3) is 0 Å². The van der Waals surface area contributed by atoms with Gasteiger partial charge in [-0.05, 0) is 39.3 Å². The highest BCUT2D eigenvalue weighted by molar-refractivity contribution is 7.11. The summed E-state index contributed by atoms with van der Waals surface area (Å²) in [4.78, 5) is 16.7. The summed E-state index contributed by atoms with van der Waals surface area (Å²) in [6.45, 7) is 8.88. The second kappa shape index (κ2) is 6.90. The van der Waals surface area contributed by atoms with Crippen LogP contribution in [0.25, 0.3) is 0 Å². The summed E-state index contributed by atoms with van der Waals surface area (Å²) in [6, 6.07) is 4.00. The van der Waals surface area contributed by atoms with Gasteiger partial charge in [-0.3, -0.25) is 4.79 Å². The zero-order valence-electron chi connectivity index (χ0n) is 11.8. The van der Waals surface area contributed by atoms with Crippen molar-refractivity contribution >= 4 is 17.2 Å². The maximum absolute atomic E-state index is 12.3. The lowest BCUT2D eigenvalue weighted by Gasteiger charge is -2.29. The van der Waals surface area contributed by atoms with Crippen molar-refractivity contribution in [2.24, 2.45) is 5.73 Å². The molecule has 1 aromatic rings. The van der Waals surface area contributed by atoms with Crippen molar-refractivity contribution < 1.29 is 4.79 Å². The maximum atomic E-state index is 12.3. The van der Waals surface area contributed by atoms with Crippen LogP contribution < -0.4 is 5.73 Å². The largest absolute Gasteiger partial charge is 0.334 e. The molecule has 0 spiro atoms. The lowest BCUT2D eigenvalue weighted by Crippen LogP contribution is -2.46. The summed E-state index contributed by atoms with van der Waals surface area (Å²) < 4.78 is 0. The number of hydrogen-bond acceptors (Lipinski definition) is 3. The van der Waals surface area contributed by atoms with Crippen molar-refractivity contribution in [3.63, 3.8) is 0 Å². The van der Waals surface area contributed by atoms with Gasteiger partial charge in [-0.1, -0.05) is 13.3 Å². The molecule has 0 bridgehead atoms. The number of hydrogen-bond donors (Lipinski definition) is 1. The van der Waals surface area contributed by atoms with E-state index >= 15 is 0 Å². The number of carbonyl (C=O) groups is 1. The van der Waals surface area contributed by atoms with Crippen LogP contribution in [0.5, 0.6) is 0 Å². The third kappa shape index (κ3) is 4.10. The summed E-state index contributed by atoms with van der Waals surface area (Å²) in [5.41, 5.74) is 5.94. The molecule has 4 heteroatoms. The highest BCUT2D eigenvalue weighted by atomic mass is 32.1. The quantitative estimate of drug-likeness (QED) is 0.862. The molecule has 102 valence electrons. The van der Waals surface area contributed by atoms with E-state index in [1.165, 1.54) is 9.75 Å². The van der Waals surface area contributed by atoms with Crippen molar-refractivity contribution in [3.8, 4) is 0 Å². The van der Waals surface area contributed by atoms with E-state index in [4.69, 9.17) is 5.73 Å². The Morgan fingerprint density at radius 2 is 2.11 bits per heavy atom. The normalized spacial score (nSPS) is 12.8. The lowest BCUT2D eigenvalue weighted by molar-refractivity contribution is -0.135. The Balaban J connectivity index is 2.73. The molecule has 1 amide bonds. The second-order valence-corrected chi connectivity index (χ2v) is 6.34. The van der Waals surface area contributed by atoms with E-state index in [1.54, 1.807) is 11.3 Å². The molecule has 1 unspecified atom stereocenters. The first-order valence-corrected chi connectivity index (χ1v) is 7.38. The fourth-order valence-electron chi connectivity index (χ4n) is 1.90. The van der Waals surface area contributed by atoms with E-state index in [9.17, 15) is 4.79 Å². The van der Waals surface area contributed by atoms with Crippen molar-refractivity contribution in [2.45, 2.75) is 59.2 Å². The predicted molar refractivity (Wildman–Crippen MR) is 77.6 cm³/mol. The first kappa shape index (κ1) is 15.2. The molecule has 1 heterocycles. The number of amides is 1. The first-order valence-electron chi connectivity index (χ1n) is 6.57. The van der Waals surface area contributed by atoms with Gasteiger partial charge >= 0.3 is 0 Å². The summed E-state index contributed by atoms with van der Waals surface area (Å²) in [5.74, 6) is 0.0675. The van der Waals surface area contributed by atoms with Gasteiger partial charge in [-0.25, -0.2) is 0 Å². The minimum absolute atomic E-state index is 0.0675. The van der Waals surface area contributed by atoms with Gasteiger partial charge in [-0.15, -0.1) is 11.3 Å². The standard InChI is InChI=1S/C14H24N2OS/c1-5-6-13(15)14(17)16(10(2)3)9-12-8-7-11(4)18-12/h7-8,10,13H,5-6,9,15H2,1-4H3. The first-order chi connectivity index (χ1) is 8.45. The summed E-state index contributed by atoms with van der Waals surface area (Å²) >= 11 is 1.74. The maximum Gasteiger partial charge on any atom is 0.240 e. The van der Waals surface area contributed by atoms with Gasteiger partial charge < -0.3 is 10.6 Å². The van der Waals surface area contributed by atoms with Gasteiger partial charge in [0.05, 0.1) is 12.6 Å². The number of aryl methyl sites for hydroxylation is 1. The molecule has 0 radical (unpaired) electrons. The average Bonchev–Trinajstić information content (AvgIpc) is 2.71. The number of nitrogens with zero attached hydrogens (tertiary/aromatic N) is 1. The summed E-state index contributed by atoms with van der Waals surface area (Å²) in [7, 11) is 0. The van der Waals surface area contributed by atoms with Gasteiger partial charge in [0, 0.05) is 15.8 Å². The third-order valence-corrected chi connectivity index (χ3v) is 3.93. The zero-order chi connectivity index (χ0) is 13.7. The summed E-state index contributed by atoms with van der Waals surface area (Å²) in [6.07, 6.45) is 1.70. The molecular weight excluding hydrogens is 244 g/mol. The fraction of sp³-hybridized carbons (Fsp3) is 0.643. The Morgan fingerprint density at radius 3 is 2.56 bits per heavy atom. The van der Waals surface area contributed by atoms with Crippen LogP contribution >= 0.6 is 11.3 Å². The Bertz CT molecular complexity index is 387. The molecule has 3 nitrogen and oxygen atoms in total. The number of nitrogens with two attached hydrogens (primary N) is 1. The van der Waals surface area contributed by atoms with E-state index in [0.717, 1.165) is 12.8 Å². The van der Waals surface area contributed by atoms with Crippen molar-refractivity contribution in [1.82, 2.24) is 4.90 Å². The molecule has 0 fully saturated rings. The molecule has 0 aliphatic rings. The van der Waals surface area contributed by atoms with Crippen molar-refractivity contribution in [2.75, 3.05) is 0 Å². The zero-order valence-corrected chi connectivity index (χ0v) is 12.6. The van der Waals surface area contributed by atoms with Crippen LogP contribution in [0.2, 0.25) is 0 Å².